The van der Waals surface area contributed by atoms with E-state index in [1.54, 1.807) is 18.5 Å². The first kappa shape index (κ1) is 29.6. The fourth-order valence-electron chi connectivity index (χ4n) is 4.92. The van der Waals surface area contributed by atoms with E-state index in [0.717, 1.165) is 23.4 Å². The molecule has 8 heteroatoms. The third-order valence-electron chi connectivity index (χ3n) is 6.92. The van der Waals surface area contributed by atoms with Gasteiger partial charge < -0.3 is 19.5 Å². The molecule has 2 heterocycles. The largest absolute Gasteiger partial charge is 0.494 e. The van der Waals surface area contributed by atoms with Crippen LogP contribution in [-0.2, 0) is 19.1 Å². The number of nitrogens with one attached hydrogen (secondary N) is 1. The van der Waals surface area contributed by atoms with Crippen LogP contribution in [0.25, 0.3) is 16.9 Å². The van der Waals surface area contributed by atoms with Crippen molar-refractivity contribution in [1.82, 2.24) is 15.1 Å². The van der Waals surface area contributed by atoms with Gasteiger partial charge in [-0.1, -0.05) is 32.0 Å². The highest BCUT2D eigenvalue weighted by atomic mass is 16.5. The predicted octanol–water partition coefficient (Wildman–Crippen LogP) is 6.33. The van der Waals surface area contributed by atoms with Gasteiger partial charge in [0.25, 0.3) is 0 Å². The molecular formula is C33H39N3O5. The Morgan fingerprint density at radius 1 is 0.902 bits per heavy atom. The normalized spacial score (nSPS) is 13.8. The Morgan fingerprint density at radius 2 is 1.49 bits per heavy atom. The van der Waals surface area contributed by atoms with Gasteiger partial charge in [-0.3, -0.25) is 0 Å². The van der Waals surface area contributed by atoms with Crippen molar-refractivity contribution in [2.45, 2.75) is 53.9 Å². The number of esters is 2. The molecule has 0 bridgehead atoms. The van der Waals surface area contributed by atoms with E-state index in [1.807, 2.05) is 74.6 Å². The van der Waals surface area contributed by atoms with Crippen molar-refractivity contribution >= 4 is 11.9 Å². The number of carbonyl (C=O) groups is 2. The molecule has 2 aromatic carbocycles. The maximum Gasteiger partial charge on any atom is 0.336 e. The van der Waals surface area contributed by atoms with Crippen LogP contribution >= 0.6 is 0 Å². The van der Waals surface area contributed by atoms with E-state index < -0.39 is 17.9 Å². The van der Waals surface area contributed by atoms with Gasteiger partial charge in [0.05, 0.1) is 48.3 Å². The zero-order chi connectivity index (χ0) is 29.5. The van der Waals surface area contributed by atoms with Gasteiger partial charge in [-0.2, -0.15) is 5.10 Å². The summed E-state index contributed by atoms with van der Waals surface area (Å²) >= 11 is 0. The van der Waals surface area contributed by atoms with E-state index in [2.05, 4.69) is 19.2 Å². The van der Waals surface area contributed by atoms with E-state index >= 15 is 0 Å². The molecule has 4 rings (SSSR count). The molecule has 0 aliphatic carbocycles. The van der Waals surface area contributed by atoms with Gasteiger partial charge in [0.1, 0.15) is 5.75 Å². The quantitative estimate of drug-likeness (QED) is 0.276. The first-order valence-electron chi connectivity index (χ1n) is 14.2. The first-order chi connectivity index (χ1) is 19.7. The highest BCUT2D eigenvalue weighted by molar-refractivity contribution is 6.00. The number of ether oxygens (including phenoxy) is 3. The van der Waals surface area contributed by atoms with Gasteiger partial charge in [-0.05, 0) is 76.4 Å². The summed E-state index contributed by atoms with van der Waals surface area (Å²) in [5, 5.41) is 8.18. The Balaban J connectivity index is 1.89. The molecular weight excluding hydrogens is 518 g/mol. The Bertz CT molecular complexity index is 1400. The van der Waals surface area contributed by atoms with Crippen molar-refractivity contribution in [2.75, 3.05) is 19.8 Å². The summed E-state index contributed by atoms with van der Waals surface area (Å²) in [7, 11) is 0. The first-order valence-corrected chi connectivity index (χ1v) is 14.2. The highest BCUT2D eigenvalue weighted by Crippen LogP contribution is 2.43. The summed E-state index contributed by atoms with van der Waals surface area (Å²) in [6.07, 6.45) is 2.85. The number of allylic oxidation sites excluding steroid dienone is 2. The standard InChI is InChI=1S/C33H39N3O5/c1-7-39-32(37)28-22(5)34-23(6)29(33(38)40-8-2)30(28)27-20-36(25-12-10-9-11-13-25)35-31(27)24-14-16-26(17-15-24)41-19-18-21(3)4/h9-17,20-21,30,34H,7-8,18-19H2,1-6H3. The molecule has 0 saturated heterocycles. The zero-order valence-corrected chi connectivity index (χ0v) is 24.7. The maximum atomic E-state index is 13.4. The van der Waals surface area contributed by atoms with Gasteiger partial charge in [0.15, 0.2) is 0 Å². The minimum atomic E-state index is -0.760. The summed E-state index contributed by atoms with van der Waals surface area (Å²) < 4.78 is 18.7. The van der Waals surface area contributed by atoms with Crippen molar-refractivity contribution in [2.24, 2.45) is 5.92 Å². The zero-order valence-electron chi connectivity index (χ0n) is 24.7. The molecule has 216 valence electrons. The van der Waals surface area contributed by atoms with E-state index in [-0.39, 0.29) is 13.2 Å². The second-order valence-electron chi connectivity index (χ2n) is 10.3. The van der Waals surface area contributed by atoms with Crippen LogP contribution in [0.3, 0.4) is 0 Å². The molecule has 0 atom stereocenters. The molecule has 3 aromatic rings. The van der Waals surface area contributed by atoms with E-state index in [9.17, 15) is 9.59 Å². The highest BCUT2D eigenvalue weighted by Gasteiger charge is 2.40. The predicted molar refractivity (Wildman–Crippen MR) is 158 cm³/mol. The number of carbonyl (C=O) groups excluding carboxylic acids is 2. The summed E-state index contributed by atoms with van der Waals surface area (Å²) in [6, 6.07) is 17.5. The third-order valence-corrected chi connectivity index (χ3v) is 6.92. The summed E-state index contributed by atoms with van der Waals surface area (Å²) in [5.74, 6) is -0.429. The summed E-state index contributed by atoms with van der Waals surface area (Å²) in [5.41, 5.74) is 4.93. The number of para-hydroxylation sites is 1. The van der Waals surface area contributed by atoms with E-state index in [0.29, 0.717) is 46.3 Å². The lowest BCUT2D eigenvalue weighted by Gasteiger charge is -2.30. The number of benzene rings is 2. The number of aromatic nitrogens is 2. The third kappa shape index (κ3) is 6.70. The van der Waals surface area contributed by atoms with Crippen molar-refractivity contribution in [1.29, 1.82) is 0 Å². The lowest BCUT2D eigenvalue weighted by Crippen LogP contribution is -2.32. The van der Waals surface area contributed by atoms with E-state index in [4.69, 9.17) is 19.3 Å². The molecule has 1 N–H and O–H groups in total. The average molecular weight is 558 g/mol. The summed E-state index contributed by atoms with van der Waals surface area (Å²) in [4.78, 5) is 26.8. The van der Waals surface area contributed by atoms with Gasteiger partial charge in [-0.15, -0.1) is 0 Å². The Kier molecular flexibility index (Phi) is 9.65. The molecule has 0 spiro atoms. The molecule has 0 saturated carbocycles. The second-order valence-corrected chi connectivity index (χ2v) is 10.3. The van der Waals surface area contributed by atoms with Crippen LogP contribution in [0.5, 0.6) is 5.75 Å². The SMILES string of the molecule is CCOC(=O)C1=C(C)NC(C)=C(C(=O)OCC)C1c1cn(-c2ccccc2)nc1-c1ccc(OCCC(C)C)cc1. The molecule has 41 heavy (non-hydrogen) atoms. The molecule has 0 fully saturated rings. The van der Waals surface area contributed by atoms with Crippen LogP contribution in [0.1, 0.15) is 59.4 Å². The smallest absolute Gasteiger partial charge is 0.336 e. The fraction of sp³-hybridized carbons (Fsp3) is 0.364. The van der Waals surface area contributed by atoms with Crippen LogP contribution in [0, 0.1) is 5.92 Å². The van der Waals surface area contributed by atoms with Crippen LogP contribution < -0.4 is 10.1 Å². The number of hydrogen-bond acceptors (Lipinski definition) is 7. The lowest BCUT2D eigenvalue weighted by molar-refractivity contribution is -0.139. The summed E-state index contributed by atoms with van der Waals surface area (Å²) in [6.45, 7) is 12.5. The van der Waals surface area contributed by atoms with Gasteiger partial charge >= 0.3 is 11.9 Å². The number of dihydropyridines is 1. The van der Waals surface area contributed by atoms with Gasteiger partial charge in [-0.25, -0.2) is 14.3 Å². The van der Waals surface area contributed by atoms with Crippen LogP contribution in [0.2, 0.25) is 0 Å². The second kappa shape index (κ2) is 13.4. The molecule has 0 unspecified atom stereocenters. The Morgan fingerprint density at radius 3 is 2.02 bits per heavy atom. The molecule has 1 aromatic heterocycles. The number of hydrogen-bond donors (Lipinski definition) is 1. The maximum absolute atomic E-state index is 13.4. The van der Waals surface area contributed by atoms with Gasteiger partial charge in [0.2, 0.25) is 0 Å². The number of rotatable bonds is 11. The Hall–Kier alpha value is -4.33. The number of nitrogens with zero attached hydrogens (tertiary/aromatic N) is 2. The topological polar surface area (TPSA) is 91.7 Å². The van der Waals surface area contributed by atoms with E-state index in [1.165, 1.54) is 0 Å². The Labute approximate surface area is 242 Å². The minimum absolute atomic E-state index is 0.203. The van der Waals surface area contributed by atoms with Crippen LogP contribution in [-0.4, -0.2) is 41.5 Å². The molecule has 0 radical (unpaired) electrons. The van der Waals surface area contributed by atoms with Crippen molar-refractivity contribution in [3.63, 3.8) is 0 Å². The van der Waals surface area contributed by atoms with Crippen LogP contribution in [0.4, 0.5) is 0 Å². The van der Waals surface area contributed by atoms with Crippen molar-refractivity contribution < 1.29 is 23.8 Å². The minimum Gasteiger partial charge on any atom is -0.494 e. The van der Waals surface area contributed by atoms with Crippen molar-refractivity contribution in [3.05, 3.63) is 88.9 Å². The van der Waals surface area contributed by atoms with Crippen LogP contribution in [0.15, 0.2) is 83.3 Å². The molecule has 8 nitrogen and oxygen atoms in total. The molecule has 0 amide bonds. The fourth-order valence-corrected chi connectivity index (χ4v) is 4.92. The molecule has 1 aliphatic heterocycles. The van der Waals surface area contributed by atoms with Crippen molar-refractivity contribution in [3.8, 4) is 22.7 Å². The lowest BCUT2D eigenvalue weighted by atomic mass is 9.79. The molecule has 1 aliphatic rings. The van der Waals surface area contributed by atoms with Gasteiger partial charge in [0, 0.05) is 28.7 Å². The average Bonchev–Trinajstić information content (AvgIpc) is 3.39. The monoisotopic (exact) mass is 557 g/mol.